The zero-order valence-electron chi connectivity index (χ0n) is 9.02. The lowest BCUT2D eigenvalue weighted by Gasteiger charge is -1.99. The van der Waals surface area contributed by atoms with Crippen LogP contribution in [0, 0.1) is 0 Å². The van der Waals surface area contributed by atoms with Crippen LogP contribution < -0.4 is 5.32 Å². The second kappa shape index (κ2) is 6.82. The lowest BCUT2D eigenvalue weighted by Crippen LogP contribution is -2.17. The fraction of sp³-hybridized carbons (Fsp3) is 0.700. The maximum Gasteiger partial charge on any atom is 0.151 e. The molecule has 0 bridgehead atoms. The Morgan fingerprint density at radius 1 is 1.53 bits per heavy atom. The van der Waals surface area contributed by atoms with E-state index in [1.165, 1.54) is 0 Å². The molecule has 1 aromatic rings. The number of halogens is 1. The van der Waals surface area contributed by atoms with E-state index in [-0.39, 0.29) is 6.61 Å². The molecule has 0 fully saturated rings. The Labute approximate surface area is 95.1 Å². The predicted molar refractivity (Wildman–Crippen MR) is 61.0 cm³/mol. The molecule has 5 heteroatoms. The molecule has 0 aliphatic heterocycles. The number of H-pyrrole nitrogens is 1. The molecule has 0 saturated carbocycles. The van der Waals surface area contributed by atoms with Gasteiger partial charge in [0.2, 0.25) is 0 Å². The summed E-state index contributed by atoms with van der Waals surface area (Å²) in [5, 5.41) is 12.2. The number of hydrogen-bond acceptors (Lipinski definition) is 3. The van der Waals surface area contributed by atoms with E-state index >= 15 is 0 Å². The van der Waals surface area contributed by atoms with E-state index in [0.717, 1.165) is 30.8 Å². The van der Waals surface area contributed by atoms with Crippen molar-refractivity contribution in [2.75, 3.05) is 13.2 Å². The minimum Gasteiger partial charge on any atom is -0.395 e. The molecule has 1 heterocycles. The van der Waals surface area contributed by atoms with E-state index in [1.54, 1.807) is 0 Å². The van der Waals surface area contributed by atoms with Gasteiger partial charge < -0.3 is 15.4 Å². The van der Waals surface area contributed by atoms with Crippen LogP contribution in [-0.4, -0.2) is 28.2 Å². The van der Waals surface area contributed by atoms with Crippen LogP contribution in [0.4, 0.5) is 0 Å². The van der Waals surface area contributed by atoms with Gasteiger partial charge in [-0.15, -0.1) is 0 Å². The highest BCUT2D eigenvalue weighted by Gasteiger charge is 2.06. The van der Waals surface area contributed by atoms with Crippen LogP contribution in [0.3, 0.4) is 0 Å². The van der Waals surface area contributed by atoms with Crippen LogP contribution >= 0.6 is 11.6 Å². The van der Waals surface area contributed by atoms with Gasteiger partial charge in [0.05, 0.1) is 12.3 Å². The average molecular weight is 232 g/mol. The van der Waals surface area contributed by atoms with Crippen LogP contribution in [0.2, 0.25) is 5.15 Å². The van der Waals surface area contributed by atoms with E-state index in [0.29, 0.717) is 18.2 Å². The molecule has 0 amide bonds. The Morgan fingerprint density at radius 2 is 2.33 bits per heavy atom. The second-order valence-electron chi connectivity index (χ2n) is 3.46. The highest BCUT2D eigenvalue weighted by Crippen LogP contribution is 2.13. The smallest absolute Gasteiger partial charge is 0.151 e. The molecule has 1 rings (SSSR count). The van der Waals surface area contributed by atoms with Crippen molar-refractivity contribution in [1.29, 1.82) is 0 Å². The highest BCUT2D eigenvalue weighted by molar-refractivity contribution is 6.30. The number of unbranched alkanes of at least 4 members (excludes halogenated alkanes) is 1. The third-order valence-corrected chi connectivity index (χ3v) is 2.45. The van der Waals surface area contributed by atoms with E-state index < -0.39 is 0 Å². The van der Waals surface area contributed by atoms with Crippen LogP contribution in [0.15, 0.2) is 0 Å². The quantitative estimate of drug-likeness (QED) is 0.623. The standard InChI is InChI=1S/C10H18ClN3O/c1-2-3-4-9-13-8(10(11)14-9)7-12-5-6-15/h12,15H,2-7H2,1H3,(H,13,14). The van der Waals surface area contributed by atoms with Crippen molar-refractivity contribution in [3.63, 3.8) is 0 Å². The molecule has 1 aromatic heterocycles. The first-order chi connectivity index (χ1) is 7.27. The van der Waals surface area contributed by atoms with Gasteiger partial charge in [-0.2, -0.15) is 0 Å². The third-order valence-electron chi connectivity index (χ3n) is 2.13. The van der Waals surface area contributed by atoms with Gasteiger partial charge in [-0.3, -0.25) is 0 Å². The Hall–Kier alpha value is -0.580. The van der Waals surface area contributed by atoms with Gasteiger partial charge in [0, 0.05) is 19.5 Å². The molecular weight excluding hydrogens is 214 g/mol. The maximum atomic E-state index is 8.61. The first kappa shape index (κ1) is 12.5. The molecule has 0 aliphatic rings. The molecule has 4 nitrogen and oxygen atoms in total. The van der Waals surface area contributed by atoms with Crippen molar-refractivity contribution in [3.05, 3.63) is 16.7 Å². The Morgan fingerprint density at radius 3 is 3.00 bits per heavy atom. The van der Waals surface area contributed by atoms with Crippen molar-refractivity contribution in [1.82, 2.24) is 15.3 Å². The summed E-state index contributed by atoms with van der Waals surface area (Å²) < 4.78 is 0. The normalized spacial score (nSPS) is 10.9. The van der Waals surface area contributed by atoms with Crippen molar-refractivity contribution in [2.45, 2.75) is 32.7 Å². The number of aryl methyl sites for hydroxylation is 1. The van der Waals surface area contributed by atoms with Crippen molar-refractivity contribution in [2.24, 2.45) is 0 Å². The number of aromatic nitrogens is 2. The summed E-state index contributed by atoms with van der Waals surface area (Å²) in [6, 6.07) is 0. The van der Waals surface area contributed by atoms with Crippen molar-refractivity contribution in [3.8, 4) is 0 Å². The molecule has 0 aromatic carbocycles. The highest BCUT2D eigenvalue weighted by atomic mass is 35.5. The summed E-state index contributed by atoms with van der Waals surface area (Å²) in [5.41, 5.74) is 0.899. The predicted octanol–water partition coefficient (Wildman–Crippen LogP) is 1.49. The summed E-state index contributed by atoms with van der Waals surface area (Å²) in [4.78, 5) is 7.42. The van der Waals surface area contributed by atoms with Crippen molar-refractivity contribution < 1.29 is 5.11 Å². The molecule has 0 aliphatic carbocycles. The van der Waals surface area contributed by atoms with E-state index in [9.17, 15) is 0 Å². The number of imidazole rings is 1. The first-order valence-corrected chi connectivity index (χ1v) is 5.70. The Bertz CT molecular complexity index is 288. The summed E-state index contributed by atoms with van der Waals surface area (Å²) in [6.07, 6.45) is 3.21. The monoisotopic (exact) mass is 231 g/mol. The zero-order chi connectivity index (χ0) is 11.1. The van der Waals surface area contributed by atoms with E-state index in [2.05, 4.69) is 22.2 Å². The molecule has 0 atom stereocenters. The molecule has 3 N–H and O–H groups in total. The van der Waals surface area contributed by atoms with E-state index in [1.807, 2.05) is 0 Å². The van der Waals surface area contributed by atoms with Gasteiger partial charge in [-0.1, -0.05) is 24.9 Å². The van der Waals surface area contributed by atoms with Crippen LogP contribution in [0.25, 0.3) is 0 Å². The van der Waals surface area contributed by atoms with Gasteiger partial charge >= 0.3 is 0 Å². The van der Waals surface area contributed by atoms with Gasteiger partial charge in [0.1, 0.15) is 5.82 Å². The number of hydrogen-bond donors (Lipinski definition) is 3. The SMILES string of the molecule is CCCCc1nc(Cl)c(CNCCO)[nH]1. The van der Waals surface area contributed by atoms with Gasteiger partial charge in [0.15, 0.2) is 5.15 Å². The van der Waals surface area contributed by atoms with Gasteiger partial charge in [-0.05, 0) is 6.42 Å². The largest absolute Gasteiger partial charge is 0.395 e. The fourth-order valence-electron chi connectivity index (χ4n) is 1.31. The second-order valence-corrected chi connectivity index (χ2v) is 3.81. The van der Waals surface area contributed by atoms with E-state index in [4.69, 9.17) is 16.7 Å². The zero-order valence-corrected chi connectivity index (χ0v) is 9.77. The topological polar surface area (TPSA) is 60.9 Å². The third kappa shape index (κ3) is 4.20. The lowest BCUT2D eigenvalue weighted by molar-refractivity contribution is 0.291. The summed E-state index contributed by atoms with van der Waals surface area (Å²) in [6.45, 7) is 3.47. The number of aromatic amines is 1. The molecule has 0 unspecified atom stereocenters. The summed E-state index contributed by atoms with van der Waals surface area (Å²) in [7, 11) is 0. The summed E-state index contributed by atoms with van der Waals surface area (Å²) in [5.74, 6) is 0.947. The summed E-state index contributed by atoms with van der Waals surface area (Å²) >= 11 is 5.96. The number of rotatable bonds is 7. The minimum absolute atomic E-state index is 0.133. The maximum absolute atomic E-state index is 8.61. The van der Waals surface area contributed by atoms with Crippen LogP contribution in [0.5, 0.6) is 0 Å². The first-order valence-electron chi connectivity index (χ1n) is 5.32. The number of aliphatic hydroxyl groups excluding tert-OH is 1. The number of aliphatic hydroxyl groups is 1. The van der Waals surface area contributed by atoms with Crippen LogP contribution in [0.1, 0.15) is 31.3 Å². The lowest BCUT2D eigenvalue weighted by atomic mass is 10.2. The minimum atomic E-state index is 0.133. The number of nitrogens with one attached hydrogen (secondary N) is 2. The van der Waals surface area contributed by atoms with Crippen LogP contribution in [-0.2, 0) is 13.0 Å². The molecule has 0 saturated heterocycles. The Balaban J connectivity index is 2.45. The number of nitrogens with zero attached hydrogens (tertiary/aromatic N) is 1. The average Bonchev–Trinajstić information content (AvgIpc) is 2.57. The Kier molecular flexibility index (Phi) is 5.68. The van der Waals surface area contributed by atoms with Gasteiger partial charge in [0.25, 0.3) is 0 Å². The molecule has 0 radical (unpaired) electrons. The molecule has 86 valence electrons. The molecular formula is C10H18ClN3O. The van der Waals surface area contributed by atoms with Gasteiger partial charge in [-0.25, -0.2) is 4.98 Å². The van der Waals surface area contributed by atoms with Crippen molar-refractivity contribution >= 4 is 11.6 Å². The molecule has 15 heavy (non-hydrogen) atoms. The fourth-order valence-corrected chi connectivity index (χ4v) is 1.53. The molecule has 0 spiro atoms.